The lowest BCUT2D eigenvalue weighted by Crippen LogP contribution is -2.15. The number of aromatic nitrogens is 2. The minimum atomic E-state index is -3.90. The summed E-state index contributed by atoms with van der Waals surface area (Å²) in [4.78, 5) is 5.11. The molecule has 3 aromatic rings. The van der Waals surface area contributed by atoms with Crippen LogP contribution in [-0.2, 0) is 16.6 Å². The number of hydrogen-bond donors (Lipinski definition) is 1. The third-order valence-electron chi connectivity index (χ3n) is 3.85. The van der Waals surface area contributed by atoms with Gasteiger partial charge in [-0.15, -0.1) is 11.3 Å². The van der Waals surface area contributed by atoms with Gasteiger partial charge in [0, 0.05) is 32.3 Å². The maximum Gasteiger partial charge on any atom is 0.264 e. The Morgan fingerprint density at radius 2 is 2.24 bits per heavy atom. The Kier molecular flexibility index (Phi) is 3.96. The second-order valence-electron chi connectivity index (χ2n) is 5.44. The standard InChI is InChI=1S/C15H11ClN4O2S3/c1-8-13(10-6-9(16)2-3-12(10)24-8)25(21,22)19-14-11(7-17)20-4-5-23-15(20)18-14/h2-3,6,19H,4-5H2,1H3. The van der Waals surface area contributed by atoms with Gasteiger partial charge in [-0.2, -0.15) is 5.26 Å². The van der Waals surface area contributed by atoms with Crippen molar-refractivity contribution in [3.63, 3.8) is 0 Å². The molecule has 1 aromatic carbocycles. The number of nitrogens with one attached hydrogen (secondary N) is 1. The Bertz CT molecular complexity index is 1160. The van der Waals surface area contributed by atoms with Gasteiger partial charge in [0.05, 0.1) is 0 Å². The molecule has 0 unspecified atom stereocenters. The van der Waals surface area contributed by atoms with Crippen LogP contribution >= 0.6 is 34.7 Å². The van der Waals surface area contributed by atoms with Crippen molar-refractivity contribution in [2.45, 2.75) is 23.5 Å². The van der Waals surface area contributed by atoms with E-state index in [4.69, 9.17) is 11.6 Å². The Labute approximate surface area is 157 Å². The Morgan fingerprint density at radius 3 is 3.00 bits per heavy atom. The number of hydrogen-bond acceptors (Lipinski definition) is 6. The molecule has 6 nitrogen and oxygen atoms in total. The number of fused-ring (bicyclic) bond motifs is 2. The van der Waals surface area contributed by atoms with E-state index >= 15 is 0 Å². The van der Waals surface area contributed by atoms with Crippen LogP contribution in [0.2, 0.25) is 5.02 Å². The topological polar surface area (TPSA) is 87.8 Å². The van der Waals surface area contributed by atoms with Gasteiger partial charge < -0.3 is 4.57 Å². The van der Waals surface area contributed by atoms with Crippen LogP contribution in [0.3, 0.4) is 0 Å². The summed E-state index contributed by atoms with van der Waals surface area (Å²) in [7, 11) is -3.90. The average Bonchev–Trinajstić information content (AvgIpc) is 3.18. The minimum absolute atomic E-state index is 0.0745. The molecular formula is C15H11ClN4O2S3. The molecule has 3 heterocycles. The number of aryl methyl sites for hydroxylation is 1. The van der Waals surface area contributed by atoms with Crippen LogP contribution < -0.4 is 4.72 Å². The molecule has 1 aliphatic rings. The van der Waals surface area contributed by atoms with Crippen LogP contribution in [0.5, 0.6) is 0 Å². The highest BCUT2D eigenvalue weighted by molar-refractivity contribution is 7.99. The van der Waals surface area contributed by atoms with Crippen molar-refractivity contribution >= 4 is 60.6 Å². The summed E-state index contributed by atoms with van der Waals surface area (Å²) in [5.74, 6) is 0.905. The number of benzene rings is 1. The molecule has 0 saturated carbocycles. The number of anilines is 1. The van der Waals surface area contributed by atoms with Crippen molar-refractivity contribution < 1.29 is 8.42 Å². The zero-order valence-electron chi connectivity index (χ0n) is 12.9. The molecule has 0 radical (unpaired) electrons. The summed E-state index contributed by atoms with van der Waals surface area (Å²) in [6.07, 6.45) is 0. The first-order chi connectivity index (χ1) is 11.9. The maximum atomic E-state index is 13.0. The lowest BCUT2D eigenvalue weighted by Gasteiger charge is -2.07. The lowest BCUT2D eigenvalue weighted by atomic mass is 10.2. The Hall–Kier alpha value is -1.73. The quantitative estimate of drug-likeness (QED) is 0.708. The second kappa shape index (κ2) is 5.92. The van der Waals surface area contributed by atoms with Gasteiger partial charge in [-0.25, -0.2) is 13.4 Å². The fourth-order valence-electron chi connectivity index (χ4n) is 2.84. The van der Waals surface area contributed by atoms with Crippen molar-refractivity contribution in [1.82, 2.24) is 9.55 Å². The van der Waals surface area contributed by atoms with E-state index in [9.17, 15) is 13.7 Å². The number of sulfonamides is 1. The van der Waals surface area contributed by atoms with Crippen LogP contribution in [0.4, 0.5) is 5.82 Å². The summed E-state index contributed by atoms with van der Waals surface area (Å²) in [6.45, 7) is 2.40. The molecule has 0 amide bonds. The summed E-state index contributed by atoms with van der Waals surface area (Å²) < 4.78 is 31.0. The number of nitrogens with zero attached hydrogens (tertiary/aromatic N) is 3. The van der Waals surface area contributed by atoms with Crippen molar-refractivity contribution in [3.05, 3.63) is 33.8 Å². The first-order valence-electron chi connectivity index (χ1n) is 7.25. The second-order valence-corrected chi connectivity index (χ2v) is 9.81. The van der Waals surface area contributed by atoms with E-state index in [1.54, 1.807) is 29.7 Å². The van der Waals surface area contributed by atoms with Crippen LogP contribution in [0, 0.1) is 18.3 Å². The molecule has 128 valence electrons. The molecular weight excluding hydrogens is 400 g/mol. The van der Waals surface area contributed by atoms with Gasteiger partial charge in [-0.3, -0.25) is 4.72 Å². The van der Waals surface area contributed by atoms with Gasteiger partial charge in [0.25, 0.3) is 10.0 Å². The molecule has 0 aliphatic carbocycles. The van der Waals surface area contributed by atoms with E-state index in [1.807, 2.05) is 6.07 Å². The monoisotopic (exact) mass is 410 g/mol. The molecule has 0 atom stereocenters. The van der Waals surface area contributed by atoms with Crippen molar-refractivity contribution in [1.29, 1.82) is 5.26 Å². The van der Waals surface area contributed by atoms with Gasteiger partial charge in [-0.1, -0.05) is 23.4 Å². The van der Waals surface area contributed by atoms with Gasteiger partial charge in [-0.05, 0) is 25.1 Å². The fourth-order valence-corrected chi connectivity index (χ4v) is 6.76. The number of nitriles is 1. The molecule has 0 spiro atoms. The molecule has 1 aliphatic heterocycles. The third-order valence-corrected chi connectivity index (χ3v) is 7.79. The van der Waals surface area contributed by atoms with Crippen LogP contribution in [0.25, 0.3) is 10.1 Å². The minimum Gasteiger partial charge on any atom is -0.308 e. The highest BCUT2D eigenvalue weighted by atomic mass is 35.5. The summed E-state index contributed by atoms with van der Waals surface area (Å²) in [5.41, 5.74) is 0.235. The Balaban J connectivity index is 1.83. The fraction of sp³-hybridized carbons (Fsp3) is 0.200. The van der Waals surface area contributed by atoms with Crippen molar-refractivity contribution in [2.75, 3.05) is 10.5 Å². The van der Waals surface area contributed by atoms with Crippen LogP contribution in [-0.4, -0.2) is 23.7 Å². The normalized spacial score (nSPS) is 13.8. The SMILES string of the molecule is Cc1sc2ccc(Cl)cc2c1S(=O)(=O)Nc1nc2n(c1C#N)CCS2. The Morgan fingerprint density at radius 1 is 1.44 bits per heavy atom. The zero-order chi connectivity index (χ0) is 17.8. The van der Waals surface area contributed by atoms with Gasteiger partial charge in [0.15, 0.2) is 16.7 Å². The molecule has 25 heavy (non-hydrogen) atoms. The third kappa shape index (κ3) is 2.69. The van der Waals surface area contributed by atoms with E-state index in [0.717, 1.165) is 10.5 Å². The van der Waals surface area contributed by atoms with E-state index in [0.29, 0.717) is 27.0 Å². The highest BCUT2D eigenvalue weighted by Crippen LogP contribution is 2.37. The highest BCUT2D eigenvalue weighted by Gasteiger charge is 2.28. The molecule has 0 fully saturated rings. The average molecular weight is 411 g/mol. The van der Waals surface area contributed by atoms with Crippen LogP contribution in [0.1, 0.15) is 10.6 Å². The molecule has 2 aromatic heterocycles. The van der Waals surface area contributed by atoms with E-state index in [1.165, 1.54) is 23.1 Å². The molecule has 0 saturated heterocycles. The summed E-state index contributed by atoms with van der Waals surface area (Å²) >= 11 is 8.92. The lowest BCUT2D eigenvalue weighted by molar-refractivity contribution is 0.601. The number of thiophene rings is 1. The summed E-state index contributed by atoms with van der Waals surface area (Å²) in [6, 6.07) is 7.22. The number of rotatable bonds is 3. The molecule has 0 bridgehead atoms. The molecule has 4 rings (SSSR count). The first kappa shape index (κ1) is 16.7. The first-order valence-corrected chi connectivity index (χ1v) is 10.9. The largest absolute Gasteiger partial charge is 0.308 e. The van der Waals surface area contributed by atoms with Crippen LogP contribution in [0.15, 0.2) is 28.3 Å². The number of thioether (sulfide) groups is 1. The maximum absolute atomic E-state index is 13.0. The smallest absolute Gasteiger partial charge is 0.264 e. The summed E-state index contributed by atoms with van der Waals surface area (Å²) in [5, 5.41) is 11.1. The zero-order valence-corrected chi connectivity index (χ0v) is 16.1. The predicted molar refractivity (Wildman–Crippen MR) is 100 cm³/mol. The predicted octanol–water partition coefficient (Wildman–Crippen LogP) is 3.84. The molecule has 1 N–H and O–H groups in total. The van der Waals surface area contributed by atoms with E-state index in [-0.39, 0.29) is 16.4 Å². The van der Waals surface area contributed by atoms with Gasteiger partial charge >= 0.3 is 0 Å². The van der Waals surface area contributed by atoms with Crippen molar-refractivity contribution in [2.24, 2.45) is 0 Å². The van der Waals surface area contributed by atoms with Crippen molar-refractivity contribution in [3.8, 4) is 6.07 Å². The van der Waals surface area contributed by atoms with E-state index < -0.39 is 10.0 Å². The van der Waals surface area contributed by atoms with Gasteiger partial charge in [0.1, 0.15) is 11.0 Å². The van der Waals surface area contributed by atoms with Gasteiger partial charge in [0.2, 0.25) is 0 Å². The number of halogens is 1. The van der Waals surface area contributed by atoms with E-state index in [2.05, 4.69) is 9.71 Å². The molecule has 10 heteroatoms. The number of imidazole rings is 1.